The maximum atomic E-state index is 5.21. The summed E-state index contributed by atoms with van der Waals surface area (Å²) in [5.74, 6) is 0.516. The normalized spacial score (nSPS) is 19.2. The van der Waals surface area contributed by atoms with Gasteiger partial charge in [-0.25, -0.2) is 4.98 Å². The molecule has 1 saturated carbocycles. The molecule has 1 aromatic rings. The highest BCUT2D eigenvalue weighted by molar-refractivity contribution is 7.09. The van der Waals surface area contributed by atoms with Gasteiger partial charge in [0.05, 0.1) is 17.8 Å². The molecule has 1 aliphatic rings. The molecule has 0 saturated heterocycles. The van der Waals surface area contributed by atoms with Gasteiger partial charge in [0, 0.05) is 19.0 Å². The first-order chi connectivity index (χ1) is 9.68. The minimum Gasteiger partial charge on any atom is -0.383 e. The number of nitrogens with zero attached hydrogens (tertiary/aromatic N) is 1. The van der Waals surface area contributed by atoms with Gasteiger partial charge in [0.15, 0.2) is 0 Å². The largest absolute Gasteiger partial charge is 0.383 e. The lowest BCUT2D eigenvalue weighted by molar-refractivity contribution is 0.177. The molecule has 1 N–H and O–H groups in total. The second kappa shape index (κ2) is 7.53. The topological polar surface area (TPSA) is 34.1 Å². The molecule has 20 heavy (non-hydrogen) atoms. The summed E-state index contributed by atoms with van der Waals surface area (Å²) in [7, 11) is 1.77. The lowest BCUT2D eigenvalue weighted by atomic mass is 9.90. The van der Waals surface area contributed by atoms with Crippen LogP contribution in [0.15, 0.2) is 5.38 Å². The summed E-state index contributed by atoms with van der Waals surface area (Å²) in [5.41, 5.74) is 1.33. The molecule has 1 aliphatic carbocycles. The van der Waals surface area contributed by atoms with E-state index < -0.39 is 0 Å². The van der Waals surface area contributed by atoms with E-state index in [1.165, 1.54) is 49.2 Å². The molecule has 0 bridgehead atoms. The van der Waals surface area contributed by atoms with E-state index >= 15 is 0 Å². The minimum absolute atomic E-state index is 0.0901. The summed E-state index contributed by atoms with van der Waals surface area (Å²) in [4.78, 5) is 4.94. The lowest BCUT2D eigenvalue weighted by Crippen LogP contribution is -2.43. The van der Waals surface area contributed by atoms with Crippen LogP contribution in [0.5, 0.6) is 0 Å². The van der Waals surface area contributed by atoms with Crippen LogP contribution in [0.25, 0.3) is 0 Å². The summed E-state index contributed by atoms with van der Waals surface area (Å²) in [6, 6.07) is 0. The second-order valence-corrected chi connectivity index (χ2v) is 7.01. The number of rotatable bonds is 6. The third kappa shape index (κ3) is 3.80. The molecule has 1 fully saturated rings. The van der Waals surface area contributed by atoms with Crippen LogP contribution in [0, 0.1) is 0 Å². The molecule has 4 heteroatoms. The SMILES string of the molecule is COCCNC1(c2nc(C(C)C)cs2)CCCCCC1. The average Bonchev–Trinajstić information content (AvgIpc) is 2.82. The smallest absolute Gasteiger partial charge is 0.113 e. The van der Waals surface area contributed by atoms with Crippen LogP contribution in [0.2, 0.25) is 0 Å². The molecular weight excluding hydrogens is 268 g/mol. The molecule has 0 aliphatic heterocycles. The Morgan fingerprint density at radius 2 is 2.00 bits per heavy atom. The number of hydrogen-bond acceptors (Lipinski definition) is 4. The van der Waals surface area contributed by atoms with Gasteiger partial charge in [-0.15, -0.1) is 11.3 Å². The fourth-order valence-corrected chi connectivity index (χ4v) is 4.18. The molecule has 0 radical (unpaired) electrons. The highest BCUT2D eigenvalue weighted by atomic mass is 32.1. The van der Waals surface area contributed by atoms with E-state index in [1.54, 1.807) is 7.11 Å². The molecular formula is C16H28N2OS. The fourth-order valence-electron chi connectivity index (χ4n) is 2.96. The van der Waals surface area contributed by atoms with Crippen molar-refractivity contribution in [2.75, 3.05) is 20.3 Å². The lowest BCUT2D eigenvalue weighted by Gasteiger charge is -2.32. The summed E-state index contributed by atoms with van der Waals surface area (Å²) < 4.78 is 5.21. The van der Waals surface area contributed by atoms with Crippen molar-refractivity contribution in [2.45, 2.75) is 63.8 Å². The Kier molecular flexibility index (Phi) is 6.00. The van der Waals surface area contributed by atoms with E-state index in [9.17, 15) is 0 Å². The summed E-state index contributed by atoms with van der Waals surface area (Å²) in [6.07, 6.45) is 7.74. The van der Waals surface area contributed by atoms with Crippen LogP contribution in [-0.4, -0.2) is 25.2 Å². The number of hydrogen-bond donors (Lipinski definition) is 1. The molecule has 1 heterocycles. The van der Waals surface area contributed by atoms with Gasteiger partial charge in [-0.1, -0.05) is 39.5 Å². The first-order valence-electron chi connectivity index (χ1n) is 7.88. The molecule has 1 aromatic heterocycles. The molecule has 0 unspecified atom stereocenters. The third-order valence-corrected chi connectivity index (χ3v) is 5.31. The highest BCUT2D eigenvalue weighted by Gasteiger charge is 2.35. The van der Waals surface area contributed by atoms with E-state index in [1.807, 2.05) is 11.3 Å². The molecule has 0 aromatic carbocycles. The van der Waals surface area contributed by atoms with Crippen molar-refractivity contribution in [3.63, 3.8) is 0 Å². The van der Waals surface area contributed by atoms with Gasteiger partial charge in [0.2, 0.25) is 0 Å². The van der Waals surface area contributed by atoms with E-state index in [2.05, 4.69) is 24.5 Å². The van der Waals surface area contributed by atoms with Crippen LogP contribution in [0.3, 0.4) is 0 Å². The zero-order valence-corrected chi connectivity index (χ0v) is 13.9. The maximum absolute atomic E-state index is 5.21. The Hall–Kier alpha value is -0.450. The van der Waals surface area contributed by atoms with Crippen molar-refractivity contribution in [1.82, 2.24) is 10.3 Å². The Morgan fingerprint density at radius 1 is 1.30 bits per heavy atom. The van der Waals surface area contributed by atoms with Crippen LogP contribution in [0.1, 0.15) is 69.0 Å². The number of methoxy groups -OCH3 is 1. The van der Waals surface area contributed by atoms with Crippen molar-refractivity contribution in [2.24, 2.45) is 0 Å². The van der Waals surface area contributed by atoms with Crippen molar-refractivity contribution < 1.29 is 4.74 Å². The van der Waals surface area contributed by atoms with Gasteiger partial charge in [-0.3, -0.25) is 0 Å². The van der Waals surface area contributed by atoms with E-state index in [0.29, 0.717) is 5.92 Å². The Balaban J connectivity index is 2.18. The molecule has 0 amide bonds. The zero-order chi connectivity index (χ0) is 14.4. The van der Waals surface area contributed by atoms with Gasteiger partial charge in [-0.05, 0) is 18.8 Å². The van der Waals surface area contributed by atoms with Crippen LogP contribution in [-0.2, 0) is 10.3 Å². The molecule has 3 nitrogen and oxygen atoms in total. The number of nitrogens with one attached hydrogen (secondary N) is 1. The van der Waals surface area contributed by atoms with Gasteiger partial charge in [0.25, 0.3) is 0 Å². The average molecular weight is 296 g/mol. The predicted molar refractivity (Wildman–Crippen MR) is 85.5 cm³/mol. The van der Waals surface area contributed by atoms with E-state index in [4.69, 9.17) is 9.72 Å². The van der Waals surface area contributed by atoms with Gasteiger partial charge in [0.1, 0.15) is 5.01 Å². The fraction of sp³-hybridized carbons (Fsp3) is 0.812. The summed E-state index contributed by atoms with van der Waals surface area (Å²) >= 11 is 1.84. The Labute approximate surface area is 127 Å². The Morgan fingerprint density at radius 3 is 2.55 bits per heavy atom. The van der Waals surface area contributed by atoms with E-state index in [-0.39, 0.29) is 5.54 Å². The second-order valence-electron chi connectivity index (χ2n) is 6.15. The minimum atomic E-state index is 0.0901. The van der Waals surface area contributed by atoms with Crippen molar-refractivity contribution in [1.29, 1.82) is 0 Å². The van der Waals surface area contributed by atoms with Gasteiger partial charge >= 0.3 is 0 Å². The maximum Gasteiger partial charge on any atom is 0.113 e. The number of ether oxygens (including phenoxy) is 1. The summed E-state index contributed by atoms with van der Waals surface area (Å²) in [5, 5.41) is 7.30. The van der Waals surface area contributed by atoms with Crippen molar-refractivity contribution in [3.05, 3.63) is 16.1 Å². The predicted octanol–water partition coefficient (Wildman–Crippen LogP) is 4.05. The number of thiazole rings is 1. The van der Waals surface area contributed by atoms with Crippen LogP contribution in [0.4, 0.5) is 0 Å². The van der Waals surface area contributed by atoms with Crippen molar-refractivity contribution >= 4 is 11.3 Å². The van der Waals surface area contributed by atoms with Crippen molar-refractivity contribution in [3.8, 4) is 0 Å². The quantitative estimate of drug-likeness (QED) is 0.635. The van der Waals surface area contributed by atoms with E-state index in [0.717, 1.165) is 13.2 Å². The first-order valence-corrected chi connectivity index (χ1v) is 8.76. The van der Waals surface area contributed by atoms with Crippen LogP contribution < -0.4 is 5.32 Å². The molecule has 0 spiro atoms. The highest BCUT2D eigenvalue weighted by Crippen LogP contribution is 2.38. The zero-order valence-electron chi connectivity index (χ0n) is 13.1. The molecule has 2 rings (SSSR count). The van der Waals surface area contributed by atoms with Gasteiger partial charge in [-0.2, -0.15) is 0 Å². The standard InChI is InChI=1S/C16H28N2OS/c1-13(2)14-12-20-15(18-14)16(17-10-11-19-3)8-6-4-5-7-9-16/h12-13,17H,4-11H2,1-3H3. The third-order valence-electron chi connectivity index (χ3n) is 4.25. The molecule has 0 atom stereocenters. The first kappa shape index (κ1) is 15.9. The van der Waals surface area contributed by atoms with Crippen LogP contribution >= 0.6 is 11.3 Å². The molecule has 114 valence electrons. The summed E-state index contributed by atoms with van der Waals surface area (Å²) in [6.45, 7) is 6.12. The Bertz CT molecular complexity index is 395. The monoisotopic (exact) mass is 296 g/mol. The number of aromatic nitrogens is 1. The van der Waals surface area contributed by atoms with Gasteiger partial charge < -0.3 is 10.1 Å².